The van der Waals surface area contributed by atoms with Gasteiger partial charge in [-0.05, 0) is 62.1 Å². The lowest BCUT2D eigenvalue weighted by Crippen LogP contribution is -2.40. The molecule has 2 aliphatic heterocycles. The minimum absolute atomic E-state index is 0.00968. The van der Waals surface area contributed by atoms with E-state index in [4.69, 9.17) is 23.2 Å². The average Bonchev–Trinajstić information content (AvgIpc) is 3.11. The Morgan fingerprint density at radius 3 is 2.45 bits per heavy atom. The highest BCUT2D eigenvalue weighted by Gasteiger charge is 2.28. The van der Waals surface area contributed by atoms with Crippen molar-refractivity contribution in [3.8, 4) is 0 Å². The number of rotatable bonds is 5. The van der Waals surface area contributed by atoms with Crippen molar-refractivity contribution in [3.05, 3.63) is 63.6 Å². The standard InChI is InChI=1S/C26H31Cl2N3O2/c27-21-12-11-19(23(28)16-21)17-30-13-7-8-20(18-30)25(32)29-24-10-4-3-9-22(24)26(33)31-14-5-1-2-6-15-31/h3-4,9-12,16,20H,1-2,5-8,13-15,17-18H2,(H,29,32). The van der Waals surface area contributed by atoms with Crippen LogP contribution in [0.1, 0.15) is 54.4 Å². The van der Waals surface area contributed by atoms with E-state index in [2.05, 4.69) is 10.2 Å². The van der Waals surface area contributed by atoms with Crippen molar-refractivity contribution < 1.29 is 9.59 Å². The van der Waals surface area contributed by atoms with Gasteiger partial charge in [-0.3, -0.25) is 14.5 Å². The summed E-state index contributed by atoms with van der Waals surface area (Å²) in [5.74, 6) is -0.153. The summed E-state index contributed by atoms with van der Waals surface area (Å²) in [5.41, 5.74) is 2.19. The van der Waals surface area contributed by atoms with E-state index >= 15 is 0 Å². The third-order valence-corrected chi connectivity index (χ3v) is 7.18. The molecule has 7 heteroatoms. The molecule has 2 heterocycles. The van der Waals surface area contributed by atoms with Gasteiger partial charge >= 0.3 is 0 Å². The lowest BCUT2D eigenvalue weighted by molar-refractivity contribution is -0.121. The van der Waals surface area contributed by atoms with Crippen LogP contribution in [0.15, 0.2) is 42.5 Å². The number of nitrogens with one attached hydrogen (secondary N) is 1. The zero-order chi connectivity index (χ0) is 23.2. The zero-order valence-corrected chi connectivity index (χ0v) is 20.4. The number of anilines is 1. The van der Waals surface area contributed by atoms with Crippen molar-refractivity contribution in [2.75, 3.05) is 31.5 Å². The van der Waals surface area contributed by atoms with Gasteiger partial charge in [0.05, 0.1) is 17.2 Å². The normalized spacial score (nSPS) is 19.7. The minimum atomic E-state index is -0.133. The second-order valence-corrected chi connectivity index (χ2v) is 9.89. The van der Waals surface area contributed by atoms with Crippen LogP contribution in [0.2, 0.25) is 10.0 Å². The maximum atomic E-state index is 13.2. The molecule has 1 atom stereocenters. The zero-order valence-electron chi connectivity index (χ0n) is 18.9. The summed E-state index contributed by atoms with van der Waals surface area (Å²) >= 11 is 12.4. The van der Waals surface area contributed by atoms with Gasteiger partial charge in [0.2, 0.25) is 5.91 Å². The van der Waals surface area contributed by atoms with Crippen LogP contribution >= 0.6 is 23.2 Å². The number of amides is 2. The van der Waals surface area contributed by atoms with Gasteiger partial charge in [-0.1, -0.05) is 54.2 Å². The smallest absolute Gasteiger partial charge is 0.255 e. The molecule has 2 amide bonds. The number of nitrogens with zero attached hydrogens (tertiary/aromatic N) is 2. The number of benzene rings is 2. The molecule has 0 aromatic heterocycles. The predicted octanol–water partition coefficient (Wildman–Crippen LogP) is 5.86. The maximum absolute atomic E-state index is 13.2. The van der Waals surface area contributed by atoms with Crippen LogP contribution in [0.5, 0.6) is 0 Å². The first kappa shape index (κ1) is 24.1. The van der Waals surface area contributed by atoms with Crippen molar-refractivity contribution >= 4 is 40.7 Å². The molecule has 176 valence electrons. The number of para-hydroxylation sites is 1. The first-order valence-corrected chi connectivity index (χ1v) is 12.6. The molecule has 2 aliphatic rings. The highest BCUT2D eigenvalue weighted by Crippen LogP contribution is 2.26. The minimum Gasteiger partial charge on any atom is -0.339 e. The molecular weight excluding hydrogens is 457 g/mol. The van der Waals surface area contributed by atoms with Crippen LogP contribution < -0.4 is 5.32 Å². The molecule has 0 bridgehead atoms. The van der Waals surface area contributed by atoms with E-state index in [0.29, 0.717) is 34.4 Å². The van der Waals surface area contributed by atoms with Crippen molar-refractivity contribution in [3.63, 3.8) is 0 Å². The van der Waals surface area contributed by atoms with Gasteiger partial charge < -0.3 is 10.2 Å². The fourth-order valence-corrected chi connectivity index (χ4v) is 5.23. The SMILES string of the molecule is O=C(Nc1ccccc1C(=O)N1CCCCCC1)C1CCCN(Cc2ccc(Cl)cc2Cl)C1. The Bertz CT molecular complexity index is 989. The van der Waals surface area contributed by atoms with Gasteiger partial charge in [0.1, 0.15) is 0 Å². The predicted molar refractivity (Wildman–Crippen MR) is 134 cm³/mol. The summed E-state index contributed by atoms with van der Waals surface area (Å²) < 4.78 is 0. The van der Waals surface area contributed by atoms with Gasteiger partial charge in [-0.15, -0.1) is 0 Å². The number of hydrogen-bond donors (Lipinski definition) is 1. The molecule has 4 rings (SSSR count). The van der Waals surface area contributed by atoms with Crippen LogP contribution in [0.25, 0.3) is 0 Å². The molecule has 0 saturated carbocycles. The second-order valence-electron chi connectivity index (χ2n) is 9.05. The Labute approximate surface area is 206 Å². The Hall–Kier alpha value is -2.08. The molecule has 2 aromatic rings. The van der Waals surface area contributed by atoms with E-state index in [1.54, 1.807) is 6.07 Å². The molecule has 5 nitrogen and oxygen atoms in total. The fraction of sp³-hybridized carbons (Fsp3) is 0.462. The molecule has 2 aromatic carbocycles. The van der Waals surface area contributed by atoms with Gasteiger partial charge in [0.15, 0.2) is 0 Å². The number of hydrogen-bond acceptors (Lipinski definition) is 3. The number of carbonyl (C=O) groups is 2. The molecule has 1 unspecified atom stereocenters. The summed E-state index contributed by atoms with van der Waals surface area (Å²) in [7, 11) is 0. The van der Waals surface area contributed by atoms with Gasteiger partial charge in [-0.25, -0.2) is 0 Å². The van der Waals surface area contributed by atoms with E-state index in [-0.39, 0.29) is 17.7 Å². The number of halogens is 2. The molecule has 33 heavy (non-hydrogen) atoms. The molecule has 0 radical (unpaired) electrons. The lowest BCUT2D eigenvalue weighted by atomic mass is 9.96. The molecule has 2 fully saturated rings. The topological polar surface area (TPSA) is 52.7 Å². The second kappa shape index (κ2) is 11.4. The van der Waals surface area contributed by atoms with Crippen LogP contribution in [0.4, 0.5) is 5.69 Å². The highest BCUT2D eigenvalue weighted by atomic mass is 35.5. The van der Waals surface area contributed by atoms with E-state index in [0.717, 1.165) is 50.9 Å². The Kier molecular flexibility index (Phi) is 8.29. The maximum Gasteiger partial charge on any atom is 0.255 e. The summed E-state index contributed by atoms with van der Waals surface area (Å²) in [5, 5.41) is 4.33. The quantitative estimate of drug-likeness (QED) is 0.574. The van der Waals surface area contributed by atoms with Crippen LogP contribution in [-0.2, 0) is 11.3 Å². The summed E-state index contributed by atoms with van der Waals surface area (Å²) in [6.45, 7) is 3.83. The number of carbonyl (C=O) groups excluding carboxylic acids is 2. The summed E-state index contributed by atoms with van der Waals surface area (Å²) in [6, 6.07) is 12.9. The Morgan fingerprint density at radius 1 is 0.939 bits per heavy atom. The molecular formula is C26H31Cl2N3O2. The van der Waals surface area contributed by atoms with Crippen LogP contribution in [-0.4, -0.2) is 47.8 Å². The number of likely N-dealkylation sites (tertiary alicyclic amines) is 2. The van der Waals surface area contributed by atoms with Crippen molar-refractivity contribution in [2.24, 2.45) is 5.92 Å². The average molecular weight is 488 g/mol. The molecule has 0 aliphatic carbocycles. The monoisotopic (exact) mass is 487 g/mol. The first-order valence-electron chi connectivity index (χ1n) is 11.9. The van der Waals surface area contributed by atoms with Gasteiger partial charge in [-0.2, -0.15) is 0 Å². The summed E-state index contributed by atoms with van der Waals surface area (Å²) in [6.07, 6.45) is 6.19. The highest BCUT2D eigenvalue weighted by molar-refractivity contribution is 6.35. The molecule has 1 N–H and O–H groups in total. The van der Waals surface area contributed by atoms with Crippen molar-refractivity contribution in [2.45, 2.75) is 45.1 Å². The lowest BCUT2D eigenvalue weighted by Gasteiger charge is -2.32. The molecule has 0 spiro atoms. The van der Waals surface area contributed by atoms with Crippen molar-refractivity contribution in [1.82, 2.24) is 9.80 Å². The van der Waals surface area contributed by atoms with E-state index in [1.807, 2.05) is 41.3 Å². The Balaban J connectivity index is 1.41. The van der Waals surface area contributed by atoms with Crippen LogP contribution in [0.3, 0.4) is 0 Å². The third-order valence-electron chi connectivity index (χ3n) is 6.59. The van der Waals surface area contributed by atoms with E-state index in [1.165, 1.54) is 12.8 Å². The third kappa shape index (κ3) is 6.28. The van der Waals surface area contributed by atoms with E-state index < -0.39 is 0 Å². The van der Waals surface area contributed by atoms with E-state index in [9.17, 15) is 9.59 Å². The first-order chi connectivity index (χ1) is 16.0. The number of piperidine rings is 1. The largest absolute Gasteiger partial charge is 0.339 e. The Morgan fingerprint density at radius 2 is 1.70 bits per heavy atom. The summed E-state index contributed by atoms with van der Waals surface area (Å²) in [4.78, 5) is 30.6. The van der Waals surface area contributed by atoms with Gasteiger partial charge in [0.25, 0.3) is 5.91 Å². The fourth-order valence-electron chi connectivity index (χ4n) is 4.76. The van der Waals surface area contributed by atoms with Crippen molar-refractivity contribution in [1.29, 1.82) is 0 Å². The van der Waals surface area contributed by atoms with Crippen LogP contribution in [0, 0.1) is 5.92 Å². The molecule has 2 saturated heterocycles. The van der Waals surface area contributed by atoms with Gasteiger partial charge in [0, 0.05) is 36.2 Å².